The van der Waals surface area contributed by atoms with Crippen LogP contribution < -0.4 is 15.4 Å². The molecule has 0 spiro atoms. The van der Waals surface area contributed by atoms with Crippen LogP contribution in [-0.2, 0) is 6.42 Å². The predicted octanol–water partition coefficient (Wildman–Crippen LogP) is 2.81. The van der Waals surface area contributed by atoms with Crippen LogP contribution in [0.1, 0.15) is 27.6 Å². The average Bonchev–Trinajstić information content (AvgIpc) is 3.06. The van der Waals surface area contributed by atoms with E-state index in [1.54, 1.807) is 33.1 Å². The Bertz CT molecular complexity index is 939. The molecule has 27 heavy (non-hydrogen) atoms. The average molecular weight is 367 g/mol. The van der Waals surface area contributed by atoms with Gasteiger partial charge in [-0.2, -0.15) is 0 Å². The van der Waals surface area contributed by atoms with Crippen LogP contribution in [0.5, 0.6) is 5.75 Å². The molecule has 3 aromatic rings. The number of aryl methyl sites for hydroxylation is 2. The Labute approximate surface area is 157 Å². The van der Waals surface area contributed by atoms with Gasteiger partial charge in [-0.3, -0.25) is 4.79 Å². The number of hydrogen-bond donors (Lipinski definition) is 2. The third-order valence-corrected chi connectivity index (χ3v) is 3.83. The Morgan fingerprint density at radius 1 is 1.15 bits per heavy atom. The standard InChI is InChI=1S/C19H21N5O3/c1-12-10-18(24-27-12)23-17-11-15(21-13(2)22-17)19(25)20-9-8-14-6-4-5-7-16(14)26-3/h4-7,10-11H,8-9H2,1-3H3,(H,20,25)(H,21,22,23,24). The van der Waals surface area contributed by atoms with E-state index in [1.165, 1.54) is 0 Å². The number of benzene rings is 1. The minimum absolute atomic E-state index is 0.269. The van der Waals surface area contributed by atoms with Crippen molar-refractivity contribution in [2.24, 2.45) is 0 Å². The molecule has 1 aromatic carbocycles. The monoisotopic (exact) mass is 367 g/mol. The van der Waals surface area contributed by atoms with Crippen molar-refractivity contribution in [3.8, 4) is 5.75 Å². The first-order valence-electron chi connectivity index (χ1n) is 8.51. The van der Waals surface area contributed by atoms with Crippen LogP contribution in [0, 0.1) is 13.8 Å². The van der Waals surface area contributed by atoms with Gasteiger partial charge in [0.1, 0.15) is 28.8 Å². The Morgan fingerprint density at radius 3 is 2.70 bits per heavy atom. The normalized spacial score (nSPS) is 10.5. The number of aromatic nitrogens is 3. The van der Waals surface area contributed by atoms with Crippen LogP contribution in [0.2, 0.25) is 0 Å². The fourth-order valence-electron chi connectivity index (χ4n) is 2.62. The Morgan fingerprint density at radius 2 is 1.96 bits per heavy atom. The van der Waals surface area contributed by atoms with Crippen LogP contribution in [-0.4, -0.2) is 34.7 Å². The molecule has 2 aromatic heterocycles. The molecule has 0 saturated carbocycles. The van der Waals surface area contributed by atoms with Gasteiger partial charge in [-0.25, -0.2) is 9.97 Å². The fraction of sp³-hybridized carbons (Fsp3) is 0.263. The number of rotatable bonds is 7. The van der Waals surface area contributed by atoms with Gasteiger partial charge in [0.05, 0.1) is 7.11 Å². The molecule has 140 valence electrons. The lowest BCUT2D eigenvalue weighted by Crippen LogP contribution is -2.27. The summed E-state index contributed by atoms with van der Waals surface area (Å²) in [5.41, 5.74) is 1.31. The first kappa shape index (κ1) is 18.4. The molecular formula is C19H21N5O3. The maximum Gasteiger partial charge on any atom is 0.270 e. The minimum atomic E-state index is -0.269. The zero-order valence-corrected chi connectivity index (χ0v) is 15.4. The topological polar surface area (TPSA) is 102 Å². The zero-order valence-electron chi connectivity index (χ0n) is 15.4. The smallest absolute Gasteiger partial charge is 0.270 e. The van der Waals surface area contributed by atoms with Gasteiger partial charge in [-0.15, -0.1) is 0 Å². The molecule has 8 nitrogen and oxygen atoms in total. The van der Waals surface area contributed by atoms with E-state index in [9.17, 15) is 4.79 Å². The quantitative estimate of drug-likeness (QED) is 0.662. The number of nitrogens with zero attached hydrogens (tertiary/aromatic N) is 3. The predicted molar refractivity (Wildman–Crippen MR) is 100 cm³/mol. The number of para-hydroxylation sites is 1. The fourth-order valence-corrected chi connectivity index (χ4v) is 2.62. The third-order valence-electron chi connectivity index (χ3n) is 3.83. The maximum atomic E-state index is 12.5. The lowest BCUT2D eigenvalue weighted by Gasteiger charge is -2.10. The van der Waals surface area contributed by atoms with Crippen molar-refractivity contribution < 1.29 is 14.1 Å². The highest BCUT2D eigenvalue weighted by Gasteiger charge is 2.12. The van der Waals surface area contributed by atoms with Crippen LogP contribution in [0.3, 0.4) is 0 Å². The molecule has 0 aliphatic heterocycles. The summed E-state index contributed by atoms with van der Waals surface area (Å²) < 4.78 is 10.3. The van der Waals surface area contributed by atoms with E-state index >= 15 is 0 Å². The summed E-state index contributed by atoms with van der Waals surface area (Å²) in [4.78, 5) is 20.9. The number of methoxy groups -OCH3 is 1. The molecule has 3 rings (SSSR count). The molecule has 2 N–H and O–H groups in total. The highest BCUT2D eigenvalue weighted by atomic mass is 16.5. The van der Waals surface area contributed by atoms with Crippen molar-refractivity contribution in [2.45, 2.75) is 20.3 Å². The van der Waals surface area contributed by atoms with Crippen LogP contribution in [0.15, 0.2) is 40.9 Å². The van der Waals surface area contributed by atoms with E-state index in [1.807, 2.05) is 24.3 Å². The third kappa shape index (κ3) is 4.81. The molecule has 0 fully saturated rings. The second-order valence-corrected chi connectivity index (χ2v) is 5.95. The van der Waals surface area contributed by atoms with E-state index < -0.39 is 0 Å². The van der Waals surface area contributed by atoms with Gasteiger partial charge in [0.2, 0.25) is 0 Å². The van der Waals surface area contributed by atoms with E-state index in [2.05, 4.69) is 25.8 Å². The Balaban J connectivity index is 1.64. The highest BCUT2D eigenvalue weighted by Crippen LogP contribution is 2.18. The molecule has 0 aliphatic carbocycles. The molecule has 1 amide bonds. The maximum absolute atomic E-state index is 12.5. The van der Waals surface area contributed by atoms with Gasteiger partial charge >= 0.3 is 0 Å². The van der Waals surface area contributed by atoms with Gasteiger partial charge < -0.3 is 19.9 Å². The first-order valence-corrected chi connectivity index (χ1v) is 8.51. The molecule has 0 atom stereocenters. The van der Waals surface area contributed by atoms with Crippen molar-refractivity contribution in [1.82, 2.24) is 20.4 Å². The van der Waals surface area contributed by atoms with Crippen molar-refractivity contribution in [3.05, 3.63) is 59.2 Å². The lowest BCUT2D eigenvalue weighted by molar-refractivity contribution is 0.0948. The number of hydrogen-bond acceptors (Lipinski definition) is 7. The Hall–Kier alpha value is -3.42. The van der Waals surface area contributed by atoms with Gasteiger partial charge in [0, 0.05) is 18.7 Å². The number of amides is 1. The molecule has 0 aliphatic rings. The number of carbonyl (C=O) groups is 1. The summed E-state index contributed by atoms with van der Waals surface area (Å²) in [6.07, 6.45) is 0.656. The van der Waals surface area contributed by atoms with Crippen LogP contribution in [0.25, 0.3) is 0 Å². The number of nitrogens with one attached hydrogen (secondary N) is 2. The second kappa shape index (κ2) is 8.31. The minimum Gasteiger partial charge on any atom is -0.496 e. The number of carbonyl (C=O) groups excluding carboxylic acids is 1. The van der Waals surface area contributed by atoms with Crippen molar-refractivity contribution in [1.29, 1.82) is 0 Å². The second-order valence-electron chi connectivity index (χ2n) is 5.95. The lowest BCUT2D eigenvalue weighted by atomic mass is 10.1. The zero-order chi connectivity index (χ0) is 19.2. The molecule has 0 unspecified atom stereocenters. The van der Waals surface area contributed by atoms with Gasteiger partial charge in [0.25, 0.3) is 5.91 Å². The van der Waals surface area contributed by atoms with Crippen LogP contribution >= 0.6 is 0 Å². The molecular weight excluding hydrogens is 346 g/mol. The summed E-state index contributed by atoms with van der Waals surface area (Å²) in [7, 11) is 1.63. The summed E-state index contributed by atoms with van der Waals surface area (Å²) >= 11 is 0. The summed E-state index contributed by atoms with van der Waals surface area (Å²) in [5.74, 6) is 2.69. The first-order chi connectivity index (χ1) is 13.0. The Kier molecular flexibility index (Phi) is 5.65. The van der Waals surface area contributed by atoms with E-state index in [4.69, 9.17) is 9.26 Å². The van der Waals surface area contributed by atoms with Crippen molar-refractivity contribution in [2.75, 3.05) is 19.0 Å². The molecule has 0 radical (unpaired) electrons. The molecule has 2 heterocycles. The van der Waals surface area contributed by atoms with Crippen molar-refractivity contribution >= 4 is 17.5 Å². The largest absolute Gasteiger partial charge is 0.496 e. The van der Waals surface area contributed by atoms with E-state index in [0.717, 1.165) is 11.3 Å². The SMILES string of the molecule is COc1ccccc1CCNC(=O)c1cc(Nc2cc(C)on2)nc(C)n1. The number of ether oxygens (including phenoxy) is 1. The van der Waals surface area contributed by atoms with E-state index in [0.29, 0.717) is 36.2 Å². The molecule has 0 saturated heterocycles. The summed E-state index contributed by atoms with van der Waals surface area (Å²) in [6, 6.07) is 11.0. The molecule has 0 bridgehead atoms. The number of anilines is 2. The highest BCUT2D eigenvalue weighted by molar-refractivity contribution is 5.93. The van der Waals surface area contributed by atoms with Gasteiger partial charge in [-0.05, 0) is 31.9 Å². The summed E-state index contributed by atoms with van der Waals surface area (Å²) in [5, 5.41) is 9.74. The molecule has 8 heteroatoms. The van der Waals surface area contributed by atoms with Crippen molar-refractivity contribution in [3.63, 3.8) is 0 Å². The van der Waals surface area contributed by atoms with Gasteiger partial charge in [-0.1, -0.05) is 23.4 Å². The summed E-state index contributed by atoms with van der Waals surface area (Å²) in [6.45, 7) is 3.99. The van der Waals surface area contributed by atoms with E-state index in [-0.39, 0.29) is 11.6 Å². The van der Waals surface area contributed by atoms with Gasteiger partial charge in [0.15, 0.2) is 5.82 Å². The van der Waals surface area contributed by atoms with Crippen LogP contribution in [0.4, 0.5) is 11.6 Å².